The number of carbonyl (C=O) groups excluding carboxylic acids is 1. The molecule has 0 spiro atoms. The largest absolute Gasteiger partial charge is 0.353 e. The average Bonchev–Trinajstić information content (AvgIpc) is 2.83. The van der Waals surface area contributed by atoms with Gasteiger partial charge in [-0.1, -0.05) is 37.3 Å². The van der Waals surface area contributed by atoms with E-state index in [1.807, 2.05) is 18.2 Å². The van der Waals surface area contributed by atoms with E-state index in [1.165, 1.54) is 31.5 Å². The van der Waals surface area contributed by atoms with E-state index in [4.69, 9.17) is 0 Å². The van der Waals surface area contributed by atoms with E-state index in [2.05, 4.69) is 56.6 Å². The van der Waals surface area contributed by atoms with Crippen LogP contribution in [-0.4, -0.2) is 61.6 Å². The number of piperazine rings is 1. The molecule has 2 aromatic rings. The summed E-state index contributed by atoms with van der Waals surface area (Å²) in [6, 6.07) is 14.7. The van der Waals surface area contributed by atoms with Crippen LogP contribution in [0.25, 0.3) is 0 Å². The third kappa shape index (κ3) is 6.05. The summed E-state index contributed by atoms with van der Waals surface area (Å²) in [7, 11) is 0. The number of likely N-dealkylation sites (tertiary alicyclic amines) is 1. The van der Waals surface area contributed by atoms with Gasteiger partial charge in [-0.3, -0.25) is 4.79 Å². The maximum atomic E-state index is 12.5. The van der Waals surface area contributed by atoms with Crippen molar-refractivity contribution < 1.29 is 4.79 Å². The molecule has 6 nitrogen and oxygen atoms in total. The van der Waals surface area contributed by atoms with Gasteiger partial charge in [-0.05, 0) is 62.5 Å². The molecule has 0 bridgehead atoms. The summed E-state index contributed by atoms with van der Waals surface area (Å²) in [5, 5.41) is 6.63. The summed E-state index contributed by atoms with van der Waals surface area (Å²) in [4.78, 5) is 21.9. The van der Waals surface area contributed by atoms with Gasteiger partial charge in [-0.15, -0.1) is 0 Å². The lowest BCUT2D eigenvalue weighted by Gasteiger charge is -2.34. The Balaban J connectivity index is 1.23. The topological polar surface area (TPSA) is 60.5 Å². The highest BCUT2D eigenvalue weighted by Gasteiger charge is 2.22. The van der Waals surface area contributed by atoms with Gasteiger partial charge in [0, 0.05) is 38.4 Å². The lowest BCUT2D eigenvalue weighted by Crippen LogP contribution is -2.46. The standard InChI is InChI=1S/C25H35N5O/c1-20-10-15-29(16-11-20)14-5-12-27-25(31)22-8-9-24(28-18-22)30-17-13-26-23(19-30)21-6-3-2-4-7-21/h2-4,6-9,18,20,23,26H,5,10-17,19H2,1H3,(H,27,31)/t23-/m1/s1. The maximum absolute atomic E-state index is 12.5. The quantitative estimate of drug-likeness (QED) is 0.673. The number of nitrogens with one attached hydrogen (secondary N) is 2. The molecule has 0 saturated carbocycles. The molecule has 0 aliphatic carbocycles. The van der Waals surface area contributed by atoms with Gasteiger partial charge in [-0.25, -0.2) is 4.98 Å². The van der Waals surface area contributed by atoms with Gasteiger partial charge in [-0.2, -0.15) is 0 Å². The Morgan fingerprint density at radius 1 is 1.13 bits per heavy atom. The highest BCUT2D eigenvalue weighted by molar-refractivity contribution is 5.94. The molecular formula is C25H35N5O. The van der Waals surface area contributed by atoms with Crippen LogP contribution >= 0.6 is 0 Å². The van der Waals surface area contributed by atoms with E-state index < -0.39 is 0 Å². The predicted molar refractivity (Wildman–Crippen MR) is 125 cm³/mol. The molecule has 1 amide bonds. The van der Waals surface area contributed by atoms with Crippen molar-refractivity contribution in [3.05, 3.63) is 59.8 Å². The van der Waals surface area contributed by atoms with Gasteiger partial charge in [0.1, 0.15) is 5.82 Å². The number of pyridine rings is 1. The Hall–Kier alpha value is -2.44. The van der Waals surface area contributed by atoms with E-state index in [0.29, 0.717) is 18.2 Å². The molecule has 6 heteroatoms. The van der Waals surface area contributed by atoms with Crippen LogP contribution in [0.4, 0.5) is 5.82 Å². The van der Waals surface area contributed by atoms with E-state index >= 15 is 0 Å². The van der Waals surface area contributed by atoms with Crippen molar-refractivity contribution in [3.8, 4) is 0 Å². The first-order chi connectivity index (χ1) is 15.2. The van der Waals surface area contributed by atoms with Gasteiger partial charge in [0.25, 0.3) is 5.91 Å². The Morgan fingerprint density at radius 3 is 2.68 bits per heavy atom. The summed E-state index contributed by atoms with van der Waals surface area (Å²) in [6.45, 7) is 9.20. The highest BCUT2D eigenvalue weighted by Crippen LogP contribution is 2.21. The van der Waals surface area contributed by atoms with Crippen LogP contribution in [0.2, 0.25) is 0 Å². The van der Waals surface area contributed by atoms with Gasteiger partial charge in [0.05, 0.1) is 5.56 Å². The molecule has 0 radical (unpaired) electrons. The second-order valence-electron chi connectivity index (χ2n) is 8.90. The summed E-state index contributed by atoms with van der Waals surface area (Å²) in [5.74, 6) is 1.75. The van der Waals surface area contributed by atoms with Crippen molar-refractivity contribution in [2.75, 3.05) is 50.7 Å². The second kappa shape index (κ2) is 10.7. The van der Waals surface area contributed by atoms with Crippen LogP contribution in [0.15, 0.2) is 48.7 Å². The van der Waals surface area contributed by atoms with Crippen LogP contribution in [0.3, 0.4) is 0 Å². The van der Waals surface area contributed by atoms with Crippen LogP contribution in [0, 0.1) is 5.92 Å². The minimum Gasteiger partial charge on any atom is -0.353 e. The summed E-state index contributed by atoms with van der Waals surface area (Å²) in [5.41, 5.74) is 1.92. The third-order valence-corrected chi connectivity index (χ3v) is 6.52. The zero-order valence-electron chi connectivity index (χ0n) is 18.6. The van der Waals surface area contributed by atoms with E-state index in [1.54, 1.807) is 6.20 Å². The second-order valence-corrected chi connectivity index (χ2v) is 8.90. The molecule has 2 aliphatic rings. The molecule has 166 valence electrons. The number of hydrogen-bond donors (Lipinski definition) is 2. The predicted octanol–water partition coefficient (Wildman–Crippen LogP) is 3.08. The zero-order valence-corrected chi connectivity index (χ0v) is 18.6. The first-order valence-corrected chi connectivity index (χ1v) is 11.7. The molecule has 2 aliphatic heterocycles. The fraction of sp³-hybridized carbons (Fsp3) is 0.520. The fourth-order valence-corrected chi connectivity index (χ4v) is 4.47. The lowest BCUT2D eigenvalue weighted by atomic mass is 9.99. The molecule has 1 atom stereocenters. The molecule has 2 N–H and O–H groups in total. The number of carbonyl (C=O) groups is 1. The van der Waals surface area contributed by atoms with Crippen molar-refractivity contribution in [1.82, 2.24) is 20.5 Å². The molecule has 4 rings (SSSR count). The molecule has 2 saturated heterocycles. The van der Waals surface area contributed by atoms with Gasteiger partial charge in [0.15, 0.2) is 0 Å². The summed E-state index contributed by atoms with van der Waals surface area (Å²) >= 11 is 0. The van der Waals surface area contributed by atoms with Crippen molar-refractivity contribution in [2.45, 2.75) is 32.2 Å². The number of benzene rings is 1. The number of anilines is 1. The molecular weight excluding hydrogens is 386 g/mol. The molecule has 3 heterocycles. The normalized spacial score (nSPS) is 20.5. The molecule has 2 fully saturated rings. The first kappa shape index (κ1) is 21.8. The van der Waals surface area contributed by atoms with Crippen molar-refractivity contribution in [2.24, 2.45) is 5.92 Å². The number of amides is 1. The minimum absolute atomic E-state index is 0.0335. The molecule has 1 aromatic heterocycles. The van der Waals surface area contributed by atoms with Crippen LogP contribution in [0.5, 0.6) is 0 Å². The first-order valence-electron chi connectivity index (χ1n) is 11.7. The Bertz CT molecular complexity index is 818. The van der Waals surface area contributed by atoms with Gasteiger partial charge >= 0.3 is 0 Å². The van der Waals surface area contributed by atoms with Crippen molar-refractivity contribution >= 4 is 11.7 Å². The smallest absolute Gasteiger partial charge is 0.252 e. The van der Waals surface area contributed by atoms with Gasteiger partial charge < -0.3 is 20.4 Å². The number of piperidine rings is 1. The molecule has 31 heavy (non-hydrogen) atoms. The Labute approximate surface area is 186 Å². The molecule has 0 unspecified atom stereocenters. The Kier molecular flexibility index (Phi) is 7.54. The van der Waals surface area contributed by atoms with Crippen LogP contribution in [-0.2, 0) is 0 Å². The van der Waals surface area contributed by atoms with Gasteiger partial charge in [0.2, 0.25) is 0 Å². The maximum Gasteiger partial charge on any atom is 0.252 e. The Morgan fingerprint density at radius 2 is 1.94 bits per heavy atom. The van der Waals surface area contributed by atoms with Crippen LogP contribution < -0.4 is 15.5 Å². The number of rotatable bonds is 7. The SMILES string of the molecule is CC1CCN(CCCNC(=O)c2ccc(N3CCN[C@@H](c4ccccc4)C3)nc2)CC1. The number of hydrogen-bond acceptors (Lipinski definition) is 5. The number of nitrogens with zero attached hydrogens (tertiary/aromatic N) is 3. The van der Waals surface area contributed by atoms with E-state index in [-0.39, 0.29) is 5.91 Å². The van der Waals surface area contributed by atoms with Crippen molar-refractivity contribution in [1.29, 1.82) is 0 Å². The van der Waals surface area contributed by atoms with E-state index in [9.17, 15) is 4.79 Å². The summed E-state index contributed by atoms with van der Waals surface area (Å²) in [6.07, 6.45) is 5.29. The van der Waals surface area contributed by atoms with Crippen LogP contribution in [0.1, 0.15) is 48.1 Å². The minimum atomic E-state index is -0.0335. The molecule has 1 aromatic carbocycles. The monoisotopic (exact) mass is 421 g/mol. The number of aromatic nitrogens is 1. The van der Waals surface area contributed by atoms with Crippen molar-refractivity contribution in [3.63, 3.8) is 0 Å². The summed E-state index contributed by atoms with van der Waals surface area (Å²) < 4.78 is 0. The fourth-order valence-electron chi connectivity index (χ4n) is 4.47. The van der Waals surface area contributed by atoms with E-state index in [0.717, 1.165) is 44.3 Å². The lowest BCUT2D eigenvalue weighted by molar-refractivity contribution is 0.0950. The average molecular weight is 422 g/mol. The zero-order chi connectivity index (χ0) is 21.5. The highest BCUT2D eigenvalue weighted by atomic mass is 16.1. The third-order valence-electron chi connectivity index (χ3n) is 6.52.